The minimum absolute atomic E-state index is 0.00882. The maximum absolute atomic E-state index is 14.9. The van der Waals surface area contributed by atoms with Gasteiger partial charge in [-0.2, -0.15) is 4.98 Å². The summed E-state index contributed by atoms with van der Waals surface area (Å²) in [7, 11) is -2.53. The van der Waals surface area contributed by atoms with Gasteiger partial charge in [-0.25, -0.2) is 22.0 Å². The van der Waals surface area contributed by atoms with E-state index in [2.05, 4.69) is 20.3 Å². The summed E-state index contributed by atoms with van der Waals surface area (Å²) in [5, 5.41) is 6.67. The predicted octanol–water partition coefficient (Wildman–Crippen LogP) is 5.79. The number of fused-ring (bicyclic) bond motifs is 3. The van der Waals surface area contributed by atoms with Crippen LogP contribution in [0.15, 0.2) is 36.4 Å². The Hall–Kier alpha value is -4.74. The molecule has 4 aliphatic rings. The number of amides is 4. The number of carbonyl (C=O) groups is 4. The van der Waals surface area contributed by atoms with Gasteiger partial charge in [-0.15, -0.1) is 0 Å². The molecule has 1 unspecified atom stereocenters. The highest BCUT2D eigenvalue weighted by Gasteiger charge is 2.63. The number of nitrogens with zero attached hydrogens (tertiary/aromatic N) is 2. The van der Waals surface area contributed by atoms with Gasteiger partial charge in [0.15, 0.2) is 5.60 Å². The van der Waals surface area contributed by atoms with Crippen molar-refractivity contribution in [2.75, 3.05) is 13.7 Å². The molecule has 4 amide bonds. The molecule has 0 spiro atoms. The molecule has 0 radical (unpaired) electrons. The number of halogens is 2. The minimum Gasteiger partial charge on any atom is -0.497 e. The number of carbonyl (C=O) groups excluding carboxylic acids is 4. The molecule has 336 valence electrons. The zero-order valence-corrected chi connectivity index (χ0v) is 37.1. The fourth-order valence-electron chi connectivity index (χ4n) is 7.93. The number of hydrogen-bond acceptors (Lipinski definition) is 11. The number of rotatable bonds is 11. The number of nitrogens with one attached hydrogen (secondary N) is 3. The van der Waals surface area contributed by atoms with E-state index in [1.54, 1.807) is 38.1 Å². The van der Waals surface area contributed by atoms with Crippen LogP contribution >= 0.6 is 0 Å². The van der Waals surface area contributed by atoms with E-state index in [1.165, 1.54) is 12.0 Å². The Morgan fingerprint density at radius 2 is 1.79 bits per heavy atom. The number of sulfonamides is 1. The molecule has 15 nitrogen and oxygen atoms in total. The number of hydrogen-bond donors (Lipinski definition) is 3. The Kier molecular flexibility index (Phi) is 12.6. The normalized spacial score (nSPS) is 28.6. The summed E-state index contributed by atoms with van der Waals surface area (Å²) >= 11 is 0. The molecule has 3 fully saturated rings. The van der Waals surface area contributed by atoms with E-state index in [9.17, 15) is 36.4 Å². The Morgan fingerprint density at radius 1 is 1.08 bits per heavy atom. The molecule has 3 N–H and O–H groups in total. The van der Waals surface area contributed by atoms with Crippen LogP contribution in [-0.4, -0.2) is 102 Å². The molecule has 7 atom stereocenters. The van der Waals surface area contributed by atoms with Crippen molar-refractivity contribution in [2.24, 2.45) is 17.8 Å². The molecule has 2 aliphatic carbocycles. The average Bonchev–Trinajstić information content (AvgIpc) is 4.04. The first kappa shape index (κ1) is 45.8. The van der Waals surface area contributed by atoms with E-state index >= 15 is 0 Å². The van der Waals surface area contributed by atoms with Crippen molar-refractivity contribution in [1.82, 2.24) is 25.2 Å². The third-order valence-corrected chi connectivity index (χ3v) is 14.7. The van der Waals surface area contributed by atoms with Crippen LogP contribution in [0.1, 0.15) is 100 Å². The lowest BCUT2D eigenvalue weighted by molar-refractivity contribution is -0.152. The van der Waals surface area contributed by atoms with Crippen LogP contribution < -0.4 is 29.6 Å². The summed E-state index contributed by atoms with van der Waals surface area (Å²) in [6.45, 7) is 11.5. The number of benzene rings is 1. The summed E-state index contributed by atoms with van der Waals surface area (Å²) in [5.41, 5.74) is -3.86. The molecule has 3 heterocycles. The number of alkyl halides is 2. The van der Waals surface area contributed by atoms with Gasteiger partial charge in [0.2, 0.25) is 33.6 Å². The van der Waals surface area contributed by atoms with Crippen molar-refractivity contribution in [3.05, 3.63) is 36.4 Å². The second-order valence-electron chi connectivity index (χ2n) is 18.4. The second-order valence-corrected chi connectivity index (χ2v) is 20.6. The van der Waals surface area contributed by atoms with E-state index in [0.29, 0.717) is 55.5 Å². The quantitative estimate of drug-likeness (QED) is 0.232. The largest absolute Gasteiger partial charge is 0.497 e. The van der Waals surface area contributed by atoms with Gasteiger partial charge in [0, 0.05) is 30.7 Å². The molecule has 1 aromatic carbocycles. The molecule has 61 heavy (non-hydrogen) atoms. The highest BCUT2D eigenvalue weighted by molar-refractivity contribution is 7.91. The lowest BCUT2D eigenvalue weighted by Crippen LogP contribution is -2.59. The molecule has 1 saturated heterocycles. The van der Waals surface area contributed by atoms with Crippen LogP contribution in [0.5, 0.6) is 17.5 Å². The van der Waals surface area contributed by atoms with E-state index in [0.717, 1.165) is 13.8 Å². The van der Waals surface area contributed by atoms with Gasteiger partial charge in [-0.1, -0.05) is 26.0 Å². The number of alkyl carbamates (subject to hydrolysis) is 1. The topological polar surface area (TPSA) is 192 Å². The van der Waals surface area contributed by atoms with Crippen molar-refractivity contribution in [1.29, 1.82) is 0 Å². The third kappa shape index (κ3) is 9.83. The molecule has 0 bridgehead atoms. The molecule has 18 heteroatoms. The van der Waals surface area contributed by atoms with Crippen molar-refractivity contribution < 1.29 is 55.3 Å². The first-order valence-electron chi connectivity index (χ1n) is 20.9. The SMILES string of the molecule is COc1ccc2c(O[C@@H]3C[C@H]4C(=O)N[C@]5(C(=O)NS(=O)(=O)C6(C)CC6)C[C@H]5/C=C\CC[C@@H](C)C[C@@H](C)C(NC(=O)OC(C)(C)C(C)(F)F)C(=O)N4C3)nc(OC(C)C)cc2c1. The monoisotopic (exact) mass is 875 g/mol. The van der Waals surface area contributed by atoms with Gasteiger partial charge in [0.05, 0.1) is 24.5 Å². The number of pyridine rings is 1. The standard InChI is InChI=1S/C43H59F2N5O10S/c1-24(2)58-33-20-27-19-29(57-9)14-15-31(27)36(46-33)59-30-21-32-35(51)48-43(38(53)49-61(55,56)41(7)16-17-41)22-28(43)13-11-10-12-25(3)18-26(4)34(37(52)50(32)23-30)47-39(54)60-40(5,6)42(8,44)45/h11,13-15,19-20,24-26,28,30,32,34H,10,12,16-18,21-23H2,1-9H3,(H,47,54)(H,48,51)(H,49,53)/b13-11-/t25-,26-,28-,30-,32+,34?,43-/m1/s1. The Balaban J connectivity index is 1.38. The molecule has 2 aromatic rings. The van der Waals surface area contributed by atoms with Crippen molar-refractivity contribution in [3.63, 3.8) is 0 Å². The van der Waals surface area contributed by atoms with Crippen molar-refractivity contribution in [3.8, 4) is 17.5 Å². The smallest absolute Gasteiger partial charge is 0.408 e. The maximum atomic E-state index is 14.9. The van der Waals surface area contributed by atoms with Crippen LogP contribution in [0.3, 0.4) is 0 Å². The summed E-state index contributed by atoms with van der Waals surface area (Å²) in [6, 6.07) is 4.39. The lowest BCUT2D eigenvalue weighted by atomic mass is 9.88. The van der Waals surface area contributed by atoms with Gasteiger partial charge in [0.25, 0.3) is 11.8 Å². The Morgan fingerprint density at radius 3 is 2.43 bits per heavy atom. The average molecular weight is 876 g/mol. The van der Waals surface area contributed by atoms with Gasteiger partial charge >= 0.3 is 6.09 Å². The van der Waals surface area contributed by atoms with Gasteiger partial charge in [-0.05, 0) is 109 Å². The summed E-state index contributed by atoms with van der Waals surface area (Å²) in [6.07, 6.45) is 3.81. The fraction of sp³-hybridized carbons (Fsp3) is 0.651. The van der Waals surface area contributed by atoms with E-state index in [4.69, 9.17) is 18.9 Å². The molecular weight excluding hydrogens is 817 g/mol. The van der Waals surface area contributed by atoms with E-state index in [-0.39, 0.29) is 43.2 Å². The van der Waals surface area contributed by atoms with Crippen LogP contribution in [0.4, 0.5) is 13.6 Å². The van der Waals surface area contributed by atoms with E-state index < -0.39 is 85.7 Å². The van der Waals surface area contributed by atoms with E-state index in [1.807, 2.05) is 32.9 Å². The molecular formula is C43H59F2N5O10S. The number of methoxy groups -OCH3 is 1. The molecule has 6 rings (SSSR count). The second kappa shape index (κ2) is 16.9. The lowest BCUT2D eigenvalue weighted by Gasteiger charge is -2.35. The van der Waals surface area contributed by atoms with Crippen LogP contribution in [0, 0.1) is 17.8 Å². The predicted molar refractivity (Wildman–Crippen MR) is 222 cm³/mol. The Bertz CT molecular complexity index is 2170. The van der Waals surface area contributed by atoms with Gasteiger partial charge < -0.3 is 34.5 Å². The number of aromatic nitrogens is 1. The zero-order chi connectivity index (χ0) is 44.9. The highest BCUT2D eigenvalue weighted by atomic mass is 32.2. The summed E-state index contributed by atoms with van der Waals surface area (Å²) in [4.78, 5) is 62.9. The molecule has 2 saturated carbocycles. The third-order valence-electron chi connectivity index (χ3n) is 12.5. The molecule has 2 aliphatic heterocycles. The Labute approximate surface area is 356 Å². The summed E-state index contributed by atoms with van der Waals surface area (Å²) < 4.78 is 79.7. The first-order valence-corrected chi connectivity index (χ1v) is 22.4. The summed E-state index contributed by atoms with van der Waals surface area (Å²) in [5.74, 6) is -5.85. The zero-order valence-electron chi connectivity index (χ0n) is 36.3. The first-order chi connectivity index (χ1) is 28.4. The fourth-order valence-corrected chi connectivity index (χ4v) is 9.24. The maximum Gasteiger partial charge on any atom is 0.408 e. The number of allylic oxidation sites excluding steroid dienone is 1. The van der Waals surface area contributed by atoms with Gasteiger partial charge in [-0.3, -0.25) is 19.1 Å². The molecule has 1 aromatic heterocycles. The van der Waals surface area contributed by atoms with Crippen LogP contribution in [-0.2, 0) is 29.1 Å². The van der Waals surface area contributed by atoms with Crippen molar-refractivity contribution >= 4 is 44.6 Å². The highest BCUT2D eigenvalue weighted by Crippen LogP contribution is 2.48. The van der Waals surface area contributed by atoms with Crippen molar-refractivity contribution in [2.45, 2.75) is 146 Å². The minimum atomic E-state index is -4.07. The van der Waals surface area contributed by atoms with Gasteiger partial charge in [0.1, 0.15) is 29.5 Å². The number of ether oxygens (including phenoxy) is 4. The van der Waals surface area contributed by atoms with Crippen LogP contribution in [0.2, 0.25) is 0 Å². The van der Waals surface area contributed by atoms with Crippen LogP contribution in [0.25, 0.3) is 10.8 Å².